The van der Waals surface area contributed by atoms with Crippen LogP contribution in [0.3, 0.4) is 0 Å². The Morgan fingerprint density at radius 3 is 2.63 bits per heavy atom. The number of benzene rings is 1. The van der Waals surface area contributed by atoms with Gasteiger partial charge in [0.1, 0.15) is 12.4 Å². The zero-order valence-electron chi connectivity index (χ0n) is 17.9. The molecule has 3 aromatic rings. The number of carbonyl (C=O) groups is 1. The van der Waals surface area contributed by atoms with Crippen LogP contribution in [0, 0.1) is 5.41 Å². The van der Waals surface area contributed by atoms with Gasteiger partial charge in [-0.25, -0.2) is 0 Å². The van der Waals surface area contributed by atoms with Gasteiger partial charge in [0.15, 0.2) is 6.54 Å². The highest BCUT2D eigenvalue weighted by Crippen LogP contribution is 2.27. The summed E-state index contributed by atoms with van der Waals surface area (Å²) in [5.74, 6) is 0.850. The number of ether oxygens (including phenoxy) is 3. The van der Waals surface area contributed by atoms with Crippen molar-refractivity contribution in [2.45, 2.75) is 32.7 Å². The summed E-state index contributed by atoms with van der Waals surface area (Å²) in [7, 11) is 3.17. The van der Waals surface area contributed by atoms with Crippen molar-refractivity contribution in [1.82, 2.24) is 14.7 Å². The summed E-state index contributed by atoms with van der Waals surface area (Å²) in [5.41, 5.74) is 1.84. The minimum absolute atomic E-state index is 0.0231. The summed E-state index contributed by atoms with van der Waals surface area (Å²) in [6.45, 7) is 7.00. The second-order valence-corrected chi connectivity index (χ2v) is 7.89. The van der Waals surface area contributed by atoms with Crippen molar-refractivity contribution in [3.05, 3.63) is 47.1 Å². The summed E-state index contributed by atoms with van der Waals surface area (Å²) in [5, 5.41) is 16.5. The molecule has 2 aromatic heterocycles. The number of hydrogen-bond acceptors (Lipinski definition) is 6. The number of nitrogens with zero attached hydrogens (tertiary/aromatic N) is 4. The quantitative estimate of drug-likeness (QED) is 0.339. The number of hydrogen-bond donors (Lipinski definition) is 1. The minimum Gasteiger partial charge on any atom is -0.497 e. The molecule has 1 N–H and O–H groups in total. The number of carbonyl (C=O) groups excluding carboxylic acids is 1. The number of fused-ring (bicyclic) bond motifs is 1. The van der Waals surface area contributed by atoms with E-state index in [1.165, 1.54) is 9.20 Å². The predicted octanol–water partition coefficient (Wildman–Crippen LogP) is 1.27. The van der Waals surface area contributed by atoms with Gasteiger partial charge in [0.2, 0.25) is 11.4 Å². The molecule has 2 heterocycles. The molecule has 160 valence electrons. The van der Waals surface area contributed by atoms with Gasteiger partial charge < -0.3 is 19.6 Å². The van der Waals surface area contributed by atoms with Crippen molar-refractivity contribution >= 4 is 11.4 Å². The number of ketones is 1. The molecule has 0 unspecified atom stereocenters. The first-order valence-corrected chi connectivity index (χ1v) is 9.59. The third-order valence-corrected chi connectivity index (χ3v) is 4.63. The molecule has 0 spiro atoms. The largest absolute Gasteiger partial charge is 0.497 e. The van der Waals surface area contributed by atoms with Gasteiger partial charge in [-0.1, -0.05) is 25.3 Å². The zero-order chi connectivity index (χ0) is 21.9. The van der Waals surface area contributed by atoms with Crippen molar-refractivity contribution in [1.29, 1.82) is 5.41 Å². The van der Waals surface area contributed by atoms with Crippen molar-refractivity contribution in [2.24, 2.45) is 0 Å². The summed E-state index contributed by atoms with van der Waals surface area (Å²) >= 11 is 0. The molecule has 9 heteroatoms. The Bertz CT molecular complexity index is 1110. The van der Waals surface area contributed by atoms with Gasteiger partial charge in [0.25, 0.3) is 5.88 Å². The number of methoxy groups -OCH3 is 2. The second kappa shape index (κ2) is 8.66. The van der Waals surface area contributed by atoms with Crippen LogP contribution in [-0.4, -0.2) is 42.8 Å². The van der Waals surface area contributed by atoms with Crippen LogP contribution in [0.5, 0.6) is 11.6 Å². The van der Waals surface area contributed by atoms with E-state index in [1.807, 2.05) is 12.1 Å². The molecule has 1 aromatic carbocycles. The van der Waals surface area contributed by atoms with E-state index in [2.05, 4.69) is 31.0 Å². The van der Waals surface area contributed by atoms with Crippen LogP contribution in [-0.2, 0) is 16.7 Å². The van der Waals surface area contributed by atoms with E-state index in [1.54, 1.807) is 32.4 Å². The van der Waals surface area contributed by atoms with E-state index >= 15 is 0 Å². The lowest BCUT2D eigenvalue weighted by molar-refractivity contribution is -0.721. The highest BCUT2D eigenvalue weighted by molar-refractivity contribution is 5.95. The molecule has 0 amide bonds. The Kier molecular flexibility index (Phi) is 6.21. The summed E-state index contributed by atoms with van der Waals surface area (Å²) in [4.78, 5) is 13.0. The Hall–Kier alpha value is -3.20. The van der Waals surface area contributed by atoms with Gasteiger partial charge in [0.05, 0.1) is 13.7 Å². The molecule has 0 aliphatic carbocycles. The van der Waals surface area contributed by atoms with Crippen LogP contribution >= 0.6 is 0 Å². The van der Waals surface area contributed by atoms with Crippen LogP contribution in [0.2, 0.25) is 0 Å². The number of nitrogens with one attached hydrogen (secondary N) is 1. The normalized spacial score (nSPS) is 11.6. The molecule has 0 aliphatic heterocycles. The second-order valence-electron chi connectivity index (χ2n) is 7.89. The van der Waals surface area contributed by atoms with E-state index < -0.39 is 0 Å². The molecule has 30 heavy (non-hydrogen) atoms. The Balaban J connectivity index is 1.89. The van der Waals surface area contributed by atoms with Crippen LogP contribution in [0.4, 0.5) is 0 Å². The van der Waals surface area contributed by atoms with Gasteiger partial charge >= 0.3 is 5.65 Å². The fourth-order valence-electron chi connectivity index (χ4n) is 2.92. The van der Waals surface area contributed by atoms with Crippen LogP contribution in [0.25, 0.3) is 5.65 Å². The van der Waals surface area contributed by atoms with E-state index in [4.69, 9.17) is 19.6 Å². The molecule has 9 nitrogen and oxygen atoms in total. The van der Waals surface area contributed by atoms with Gasteiger partial charge in [-0.2, -0.15) is 9.78 Å². The third-order valence-electron chi connectivity index (χ3n) is 4.63. The minimum atomic E-state index is -0.134. The van der Waals surface area contributed by atoms with E-state index in [9.17, 15) is 4.79 Å². The van der Waals surface area contributed by atoms with Gasteiger partial charge in [-0.15, -0.1) is 0 Å². The number of Topliss-reactive ketones (excluding diaryl/α,β-unsaturated/α-hetero) is 1. The molecule has 0 fully saturated rings. The van der Waals surface area contributed by atoms with Crippen molar-refractivity contribution in [3.8, 4) is 11.6 Å². The van der Waals surface area contributed by atoms with E-state index in [-0.39, 0.29) is 23.4 Å². The number of aromatic nitrogens is 4. The topological polar surface area (TPSA) is 104 Å². The monoisotopic (exact) mass is 413 g/mol. The standard InChI is InChI=1S/C21H27N5O4/c1-21(2,3)15-10-14(11-16(12-15)29-5)17(27)13-25-19-7-6-18(30-9-8-28-4)23-26(19)20(22)24-25/h6-7,10-12,22H,8-9,13H2,1-5H3. The Labute approximate surface area is 174 Å². The molecule has 0 saturated heterocycles. The van der Waals surface area contributed by atoms with E-state index in [0.29, 0.717) is 36.1 Å². The lowest BCUT2D eigenvalue weighted by Crippen LogP contribution is -2.43. The summed E-state index contributed by atoms with van der Waals surface area (Å²) in [6.07, 6.45) is 0. The first-order valence-electron chi connectivity index (χ1n) is 9.59. The van der Waals surface area contributed by atoms with Crippen LogP contribution < -0.4 is 24.9 Å². The Morgan fingerprint density at radius 1 is 1.20 bits per heavy atom. The maximum Gasteiger partial charge on any atom is 0.317 e. The first kappa shape index (κ1) is 21.5. The third kappa shape index (κ3) is 4.68. The lowest BCUT2D eigenvalue weighted by Gasteiger charge is -2.20. The maximum absolute atomic E-state index is 13.0. The molecule has 3 rings (SSSR count). The van der Waals surface area contributed by atoms with Crippen molar-refractivity contribution in [3.63, 3.8) is 0 Å². The van der Waals surface area contributed by atoms with Gasteiger partial charge in [-0.3, -0.25) is 4.79 Å². The highest BCUT2D eigenvalue weighted by atomic mass is 16.5. The number of rotatable bonds is 8. The van der Waals surface area contributed by atoms with Crippen molar-refractivity contribution < 1.29 is 23.7 Å². The maximum atomic E-state index is 13.0. The van der Waals surface area contributed by atoms with Crippen LogP contribution in [0.1, 0.15) is 36.7 Å². The molecule has 0 atom stereocenters. The molecular formula is C21H27N5O4. The van der Waals surface area contributed by atoms with Crippen LogP contribution in [0.15, 0.2) is 30.3 Å². The van der Waals surface area contributed by atoms with Gasteiger partial charge in [-0.05, 0) is 34.3 Å². The average molecular weight is 413 g/mol. The fourth-order valence-corrected chi connectivity index (χ4v) is 2.92. The average Bonchev–Trinajstić information content (AvgIpc) is 3.02. The van der Waals surface area contributed by atoms with Crippen molar-refractivity contribution in [2.75, 3.05) is 27.4 Å². The molecule has 0 saturated carbocycles. The predicted molar refractivity (Wildman–Crippen MR) is 108 cm³/mol. The smallest absolute Gasteiger partial charge is 0.317 e. The van der Waals surface area contributed by atoms with Gasteiger partial charge in [0, 0.05) is 24.8 Å². The first-order chi connectivity index (χ1) is 14.2. The fraction of sp³-hybridized carbons (Fsp3) is 0.429. The van der Waals surface area contributed by atoms with E-state index in [0.717, 1.165) is 5.56 Å². The molecule has 0 aliphatic rings. The molecule has 0 bridgehead atoms. The Morgan fingerprint density at radius 2 is 1.97 bits per heavy atom. The molecular weight excluding hydrogens is 386 g/mol. The highest BCUT2D eigenvalue weighted by Gasteiger charge is 2.21. The summed E-state index contributed by atoms with van der Waals surface area (Å²) < 4.78 is 18.6. The SMILES string of the molecule is COCCOc1ccc2n(n1)c(=N)[n-][n+]2CC(=O)c1cc(OC)cc(C(C)(C)C)c1. The molecule has 0 radical (unpaired) electrons. The summed E-state index contributed by atoms with van der Waals surface area (Å²) in [6, 6.07) is 8.94. The lowest BCUT2D eigenvalue weighted by atomic mass is 9.85. The zero-order valence-corrected chi connectivity index (χ0v) is 17.9.